The lowest BCUT2D eigenvalue weighted by molar-refractivity contribution is 0.0686. The first-order valence-electron chi connectivity index (χ1n) is 12.8. The Bertz CT molecular complexity index is 1230. The molecule has 0 spiro atoms. The van der Waals surface area contributed by atoms with E-state index in [9.17, 15) is 19.8 Å². The number of carboxylic acids is 2. The third kappa shape index (κ3) is 4.88. The zero-order valence-electron chi connectivity index (χ0n) is 20.6. The summed E-state index contributed by atoms with van der Waals surface area (Å²) >= 11 is 0. The fourth-order valence-electron chi connectivity index (χ4n) is 5.80. The first-order chi connectivity index (χ1) is 17.0. The minimum absolute atomic E-state index is 0.248. The Morgan fingerprint density at radius 1 is 0.771 bits per heavy atom. The Hall–Kier alpha value is -3.40. The molecule has 0 radical (unpaired) electrons. The van der Waals surface area contributed by atoms with Gasteiger partial charge in [0.05, 0.1) is 11.1 Å². The topological polar surface area (TPSA) is 74.6 Å². The van der Waals surface area contributed by atoms with Gasteiger partial charge >= 0.3 is 11.9 Å². The van der Waals surface area contributed by atoms with Crippen molar-refractivity contribution in [1.29, 1.82) is 0 Å². The number of carboxylic acid groups (broad SMARTS) is 2. The zero-order chi connectivity index (χ0) is 24.9. The van der Waals surface area contributed by atoms with Gasteiger partial charge in [0.15, 0.2) is 0 Å². The normalized spacial score (nSPS) is 14.1. The SMILES string of the molecule is CCCc1cc(CC)c(C2CCCCC2)c(-c2ccccc2C(=O)O)c1-c1ccccc1C(=O)O. The molecule has 4 rings (SSSR count). The summed E-state index contributed by atoms with van der Waals surface area (Å²) in [5.74, 6) is -1.60. The van der Waals surface area contributed by atoms with E-state index in [1.54, 1.807) is 24.3 Å². The van der Waals surface area contributed by atoms with Crippen LogP contribution in [0.3, 0.4) is 0 Å². The van der Waals surface area contributed by atoms with Gasteiger partial charge in [0.25, 0.3) is 0 Å². The van der Waals surface area contributed by atoms with Crippen LogP contribution in [0, 0.1) is 0 Å². The Labute approximate surface area is 207 Å². The van der Waals surface area contributed by atoms with Gasteiger partial charge in [-0.2, -0.15) is 0 Å². The van der Waals surface area contributed by atoms with Crippen molar-refractivity contribution in [3.63, 3.8) is 0 Å². The van der Waals surface area contributed by atoms with Crippen LogP contribution in [0.4, 0.5) is 0 Å². The third-order valence-corrected chi connectivity index (χ3v) is 7.30. The number of hydrogen-bond acceptors (Lipinski definition) is 2. The number of rotatable bonds is 8. The predicted octanol–water partition coefficient (Wildman–Crippen LogP) is 7.98. The van der Waals surface area contributed by atoms with E-state index in [1.165, 1.54) is 17.5 Å². The third-order valence-electron chi connectivity index (χ3n) is 7.30. The second-order valence-corrected chi connectivity index (χ2v) is 9.50. The average Bonchev–Trinajstić information content (AvgIpc) is 2.88. The van der Waals surface area contributed by atoms with Gasteiger partial charge < -0.3 is 10.2 Å². The Kier molecular flexibility index (Phi) is 7.70. The number of aryl methyl sites for hydroxylation is 2. The largest absolute Gasteiger partial charge is 0.478 e. The van der Waals surface area contributed by atoms with Crippen LogP contribution < -0.4 is 0 Å². The first kappa shape index (κ1) is 24.7. The van der Waals surface area contributed by atoms with Gasteiger partial charge in [-0.25, -0.2) is 9.59 Å². The maximum Gasteiger partial charge on any atom is 0.336 e. The predicted molar refractivity (Wildman–Crippen MR) is 140 cm³/mol. The van der Waals surface area contributed by atoms with E-state index in [0.29, 0.717) is 17.0 Å². The monoisotopic (exact) mass is 470 g/mol. The van der Waals surface area contributed by atoms with Crippen molar-refractivity contribution in [1.82, 2.24) is 0 Å². The minimum Gasteiger partial charge on any atom is -0.478 e. The number of aromatic carboxylic acids is 2. The molecule has 3 aromatic rings. The lowest BCUT2D eigenvalue weighted by Crippen LogP contribution is -2.13. The zero-order valence-corrected chi connectivity index (χ0v) is 20.6. The molecule has 1 aliphatic carbocycles. The number of hydrogen-bond donors (Lipinski definition) is 2. The molecule has 3 aromatic carbocycles. The van der Waals surface area contributed by atoms with E-state index >= 15 is 0 Å². The maximum absolute atomic E-state index is 12.4. The quantitative estimate of drug-likeness (QED) is 0.350. The van der Waals surface area contributed by atoms with Gasteiger partial charge in [0.2, 0.25) is 0 Å². The van der Waals surface area contributed by atoms with E-state index in [2.05, 4.69) is 19.9 Å². The van der Waals surface area contributed by atoms with Crippen molar-refractivity contribution in [3.8, 4) is 22.3 Å². The van der Waals surface area contributed by atoms with Crippen molar-refractivity contribution in [2.75, 3.05) is 0 Å². The summed E-state index contributed by atoms with van der Waals surface area (Å²) in [6.45, 7) is 4.29. The summed E-state index contributed by atoms with van der Waals surface area (Å²) in [6, 6.07) is 16.6. The molecule has 0 heterocycles. The Morgan fingerprint density at radius 3 is 1.83 bits per heavy atom. The van der Waals surface area contributed by atoms with Gasteiger partial charge in [0, 0.05) is 0 Å². The fourth-order valence-corrected chi connectivity index (χ4v) is 5.80. The molecule has 0 aliphatic heterocycles. The molecule has 4 heteroatoms. The summed E-state index contributed by atoms with van der Waals surface area (Å²) in [6.07, 6.45) is 8.24. The van der Waals surface area contributed by atoms with Gasteiger partial charge in [-0.1, -0.05) is 82.0 Å². The van der Waals surface area contributed by atoms with Crippen LogP contribution in [0.25, 0.3) is 22.3 Å². The molecule has 2 N–H and O–H groups in total. The van der Waals surface area contributed by atoms with Crippen LogP contribution in [0.2, 0.25) is 0 Å². The van der Waals surface area contributed by atoms with Crippen LogP contribution in [-0.2, 0) is 12.8 Å². The van der Waals surface area contributed by atoms with Crippen LogP contribution >= 0.6 is 0 Å². The molecule has 0 amide bonds. The highest BCUT2D eigenvalue weighted by atomic mass is 16.4. The summed E-state index contributed by atoms with van der Waals surface area (Å²) in [7, 11) is 0. The van der Waals surface area contributed by atoms with E-state index < -0.39 is 11.9 Å². The highest BCUT2D eigenvalue weighted by molar-refractivity contribution is 6.04. The summed E-state index contributed by atoms with van der Waals surface area (Å²) in [5, 5.41) is 20.2. The molecule has 0 aromatic heterocycles. The number of carbonyl (C=O) groups is 2. The van der Waals surface area contributed by atoms with Crippen molar-refractivity contribution in [2.45, 2.75) is 71.1 Å². The summed E-state index contributed by atoms with van der Waals surface area (Å²) in [4.78, 5) is 24.7. The van der Waals surface area contributed by atoms with Crippen LogP contribution in [0.15, 0.2) is 54.6 Å². The van der Waals surface area contributed by atoms with Crippen LogP contribution in [0.5, 0.6) is 0 Å². The fraction of sp³-hybridized carbons (Fsp3) is 0.355. The lowest BCUT2D eigenvalue weighted by Gasteiger charge is -2.31. The highest BCUT2D eigenvalue weighted by Gasteiger charge is 2.29. The molecule has 1 aliphatic rings. The minimum atomic E-state index is -0.973. The standard InChI is InChI=1S/C31H34O4/c1-3-12-22-19-20(4-2)27(21-13-6-5-7-14-21)29(24-16-9-11-18-26(24)31(34)35)28(22)23-15-8-10-17-25(23)30(32)33/h8-11,15-19,21H,3-7,12-14H2,1-2H3,(H,32,33)(H,34,35). The van der Waals surface area contributed by atoms with Crippen molar-refractivity contribution >= 4 is 11.9 Å². The van der Waals surface area contributed by atoms with E-state index in [0.717, 1.165) is 61.6 Å². The average molecular weight is 471 g/mol. The highest BCUT2D eigenvalue weighted by Crippen LogP contribution is 2.48. The molecule has 4 nitrogen and oxygen atoms in total. The second-order valence-electron chi connectivity index (χ2n) is 9.50. The molecular formula is C31H34O4. The van der Waals surface area contributed by atoms with Crippen LogP contribution in [-0.4, -0.2) is 22.2 Å². The van der Waals surface area contributed by atoms with Gasteiger partial charge in [0.1, 0.15) is 0 Å². The van der Waals surface area contributed by atoms with Crippen molar-refractivity contribution in [2.24, 2.45) is 0 Å². The molecule has 35 heavy (non-hydrogen) atoms. The van der Waals surface area contributed by atoms with Crippen molar-refractivity contribution in [3.05, 3.63) is 82.4 Å². The smallest absolute Gasteiger partial charge is 0.336 e. The van der Waals surface area contributed by atoms with Gasteiger partial charge in [-0.05, 0) is 82.7 Å². The molecular weight excluding hydrogens is 436 g/mol. The molecule has 0 saturated heterocycles. The van der Waals surface area contributed by atoms with E-state index in [1.807, 2.05) is 24.3 Å². The molecule has 0 atom stereocenters. The van der Waals surface area contributed by atoms with Gasteiger partial charge in [-0.3, -0.25) is 0 Å². The lowest BCUT2D eigenvalue weighted by atomic mass is 9.73. The summed E-state index contributed by atoms with van der Waals surface area (Å²) < 4.78 is 0. The number of benzene rings is 3. The van der Waals surface area contributed by atoms with E-state index in [-0.39, 0.29) is 11.1 Å². The maximum atomic E-state index is 12.4. The Balaban J connectivity index is 2.20. The Morgan fingerprint density at radius 2 is 1.31 bits per heavy atom. The molecule has 1 saturated carbocycles. The first-order valence-corrected chi connectivity index (χ1v) is 12.8. The second kappa shape index (κ2) is 10.9. The van der Waals surface area contributed by atoms with E-state index in [4.69, 9.17) is 0 Å². The van der Waals surface area contributed by atoms with Crippen molar-refractivity contribution < 1.29 is 19.8 Å². The molecule has 1 fully saturated rings. The molecule has 182 valence electrons. The van der Waals surface area contributed by atoms with Crippen LogP contribution in [0.1, 0.15) is 95.7 Å². The molecule has 0 bridgehead atoms. The molecule has 0 unspecified atom stereocenters. The van der Waals surface area contributed by atoms with Gasteiger partial charge in [-0.15, -0.1) is 0 Å². The summed E-state index contributed by atoms with van der Waals surface area (Å²) in [5.41, 5.74) is 7.23.